The van der Waals surface area contributed by atoms with Crippen LogP contribution < -0.4 is 5.19 Å². The predicted octanol–water partition coefficient (Wildman–Crippen LogP) is 16.4. The molecule has 0 aliphatic carbocycles. The maximum Gasteiger partial charge on any atom is 0.121 e. The fraction of sp³-hybridized carbons (Fsp3) is 0.300. The van der Waals surface area contributed by atoms with Gasteiger partial charge in [-0.05, 0) is 91.9 Å². The van der Waals surface area contributed by atoms with E-state index >= 15 is 0 Å². The standard InChI is InChI=1S/C45H47N2O.C15H18NSi.Ir/c1-27(2)33-23-37(28(3)4)42(38(24-33)29(5)6)47-40-16-11-10-15-39(40)46-44(47)36-14-12-13-35-34-22-21-32(25-41(34)48-43(35)36)31-19-17-30(18-20-31)26-45(7,8)9;1-12-5-7-13(8-6-12)15-10-9-14(11-16-15)17(2,3)4;/h10-13,15-25,27-29H,26H2,1-9H3;5-7,9-11H,1-4H3;/q2*-1;/i26D2,27D,28D,29D;1D3;. The van der Waals surface area contributed by atoms with E-state index in [0.717, 1.165) is 49.8 Å². The molecule has 66 heavy (non-hydrogen) atoms. The summed E-state index contributed by atoms with van der Waals surface area (Å²) in [5, 5.41) is 3.17. The summed E-state index contributed by atoms with van der Waals surface area (Å²) in [4.78, 5) is 9.66. The number of hydrogen-bond donors (Lipinski definition) is 0. The van der Waals surface area contributed by atoms with Crippen LogP contribution in [-0.2, 0) is 26.5 Å². The van der Waals surface area contributed by atoms with Crippen molar-refractivity contribution >= 4 is 46.2 Å². The van der Waals surface area contributed by atoms with Crippen LogP contribution >= 0.6 is 0 Å². The van der Waals surface area contributed by atoms with Gasteiger partial charge in [-0.1, -0.05) is 173 Å². The maximum absolute atomic E-state index is 9.37. The van der Waals surface area contributed by atoms with Gasteiger partial charge in [0.05, 0.1) is 30.5 Å². The molecular formula is C60H65IrN3OSi-2. The monoisotopic (exact) mass is 1070 g/mol. The molecule has 9 rings (SSSR count). The second-order valence-electron chi connectivity index (χ2n) is 19.7. The summed E-state index contributed by atoms with van der Waals surface area (Å²) < 4.78 is 75.9. The Morgan fingerprint density at radius 1 is 0.773 bits per heavy atom. The van der Waals surface area contributed by atoms with E-state index in [1.165, 1.54) is 11.3 Å². The fourth-order valence-electron chi connectivity index (χ4n) is 8.19. The summed E-state index contributed by atoms with van der Waals surface area (Å²) in [6.07, 6.45) is 0.444. The fourth-order valence-corrected chi connectivity index (χ4v) is 9.23. The molecule has 4 nitrogen and oxygen atoms in total. The minimum absolute atomic E-state index is 0. The van der Waals surface area contributed by atoms with Crippen molar-refractivity contribution in [3.05, 3.63) is 167 Å². The SMILES string of the molecule is [2H]C(C)(C)c1cc(C([2H])(C)C)c(-n2c(-c3[c-]ccc4c3oc3cc(-c5ccc(C([2H])([2H])C(C)(C)C)cc5)ccc34)nc3ccccc32)c(C([2H])(C)C)c1.[2H]C([2H])([2H])c1c[c-]c(-c2ccc([Si](C)(C)C)cn2)cc1.[Ir]. The van der Waals surface area contributed by atoms with Crippen molar-refractivity contribution in [3.8, 4) is 39.5 Å². The van der Waals surface area contributed by atoms with Gasteiger partial charge in [0, 0.05) is 48.3 Å². The third-order valence-corrected chi connectivity index (χ3v) is 13.7. The molecule has 0 unspecified atom stereocenters. The van der Waals surface area contributed by atoms with Gasteiger partial charge in [-0.2, -0.15) is 0 Å². The van der Waals surface area contributed by atoms with Crippen molar-refractivity contribution in [2.45, 2.75) is 113 Å². The van der Waals surface area contributed by atoms with Crippen LogP contribution in [0.25, 0.3) is 72.4 Å². The van der Waals surface area contributed by atoms with Gasteiger partial charge in [-0.3, -0.25) is 4.98 Å². The van der Waals surface area contributed by atoms with Crippen LogP contribution in [0.3, 0.4) is 0 Å². The second-order valence-corrected chi connectivity index (χ2v) is 24.8. The van der Waals surface area contributed by atoms with Gasteiger partial charge in [0.15, 0.2) is 0 Å². The van der Waals surface area contributed by atoms with Crippen molar-refractivity contribution in [2.24, 2.45) is 5.41 Å². The predicted molar refractivity (Wildman–Crippen MR) is 280 cm³/mol. The van der Waals surface area contributed by atoms with Crippen LogP contribution in [0.15, 0.2) is 132 Å². The minimum Gasteiger partial charge on any atom is -0.501 e. The third-order valence-electron chi connectivity index (χ3n) is 11.7. The number of aryl methyl sites for hydroxylation is 1. The molecule has 3 heterocycles. The summed E-state index contributed by atoms with van der Waals surface area (Å²) >= 11 is 0. The van der Waals surface area contributed by atoms with Crippen molar-refractivity contribution in [3.63, 3.8) is 0 Å². The Labute approximate surface area is 419 Å². The molecule has 0 saturated heterocycles. The smallest absolute Gasteiger partial charge is 0.121 e. The van der Waals surface area contributed by atoms with Crippen LogP contribution in [0.4, 0.5) is 0 Å². The first-order valence-corrected chi connectivity index (χ1v) is 25.9. The zero-order valence-corrected chi connectivity index (χ0v) is 43.6. The molecule has 0 aliphatic heterocycles. The number of benzene rings is 6. The molecule has 3 aromatic heterocycles. The molecular weight excluding hydrogens is 999 g/mol. The normalized spacial score (nSPS) is 14.7. The Morgan fingerprint density at radius 2 is 1.47 bits per heavy atom. The van der Waals surface area contributed by atoms with E-state index in [1.54, 1.807) is 12.1 Å². The Morgan fingerprint density at radius 3 is 2.06 bits per heavy atom. The number of imidazole rings is 1. The molecule has 1 radical (unpaired) electrons. The number of furan rings is 1. The van der Waals surface area contributed by atoms with E-state index < -0.39 is 44.4 Å². The summed E-state index contributed by atoms with van der Waals surface area (Å²) in [6, 6.07) is 45.0. The van der Waals surface area contributed by atoms with Gasteiger partial charge in [0.2, 0.25) is 0 Å². The first-order valence-electron chi connectivity index (χ1n) is 26.4. The van der Waals surface area contributed by atoms with Crippen molar-refractivity contribution in [1.29, 1.82) is 0 Å². The number of rotatable bonds is 9. The number of para-hydroxylation sites is 2. The van der Waals surface area contributed by atoms with E-state index in [9.17, 15) is 2.74 Å². The minimum atomic E-state index is -2.08. The van der Waals surface area contributed by atoms with Crippen LogP contribution in [0, 0.1) is 24.4 Å². The summed E-state index contributed by atoms with van der Waals surface area (Å²) in [6.45, 7) is 21.6. The topological polar surface area (TPSA) is 43.9 Å². The molecule has 0 aliphatic rings. The number of pyridine rings is 1. The van der Waals surface area contributed by atoms with E-state index in [0.29, 0.717) is 50.5 Å². The summed E-state index contributed by atoms with van der Waals surface area (Å²) in [5.41, 5.74) is 10.4. The molecule has 0 fully saturated rings. The largest absolute Gasteiger partial charge is 0.501 e. The maximum atomic E-state index is 9.37. The molecule has 6 heteroatoms. The average molecular weight is 1070 g/mol. The summed E-state index contributed by atoms with van der Waals surface area (Å²) in [5.74, 6) is -2.49. The van der Waals surface area contributed by atoms with Gasteiger partial charge in [0.1, 0.15) is 5.58 Å². The molecule has 6 aromatic carbocycles. The zero-order valence-electron chi connectivity index (χ0n) is 48.2. The van der Waals surface area contributed by atoms with E-state index in [-0.39, 0.29) is 20.1 Å². The van der Waals surface area contributed by atoms with Gasteiger partial charge in [-0.25, -0.2) is 0 Å². The zero-order chi connectivity index (χ0) is 53.4. The van der Waals surface area contributed by atoms with Crippen LogP contribution in [0.2, 0.25) is 19.6 Å². The van der Waals surface area contributed by atoms with Crippen LogP contribution in [0.5, 0.6) is 0 Å². The van der Waals surface area contributed by atoms with Gasteiger partial charge >= 0.3 is 0 Å². The third kappa shape index (κ3) is 10.3. The van der Waals surface area contributed by atoms with E-state index in [2.05, 4.69) is 59.5 Å². The molecule has 9 aromatic rings. The van der Waals surface area contributed by atoms with Gasteiger partial charge in [0.25, 0.3) is 0 Å². The molecule has 341 valence electrons. The Balaban J connectivity index is 0.000000320. The van der Waals surface area contributed by atoms with Crippen molar-refractivity contribution in [2.75, 3.05) is 0 Å². The average Bonchev–Trinajstić information content (AvgIpc) is 3.88. The Kier molecular flexibility index (Phi) is 11.4. The number of hydrogen-bond acceptors (Lipinski definition) is 3. The molecule has 0 bridgehead atoms. The van der Waals surface area contributed by atoms with Crippen LogP contribution in [-0.4, -0.2) is 22.6 Å². The van der Waals surface area contributed by atoms with Crippen molar-refractivity contribution in [1.82, 2.24) is 14.5 Å². The molecule has 0 N–H and O–H groups in total. The number of aromatic nitrogens is 3. The Hall–Kier alpha value is -5.39. The number of nitrogens with zero attached hydrogens (tertiary/aromatic N) is 3. The summed E-state index contributed by atoms with van der Waals surface area (Å²) in [7, 11) is -1.34. The van der Waals surface area contributed by atoms with Gasteiger partial charge < -0.3 is 14.0 Å². The number of fused-ring (bicyclic) bond motifs is 4. The molecule has 0 amide bonds. The first-order chi connectivity index (χ1) is 33.7. The van der Waals surface area contributed by atoms with Crippen LogP contribution in [0.1, 0.15) is 119 Å². The Bertz CT molecular complexity index is 3380. The second kappa shape index (κ2) is 19.4. The van der Waals surface area contributed by atoms with Crippen molar-refractivity contribution < 1.29 is 35.5 Å². The first kappa shape index (κ1) is 38.7. The van der Waals surface area contributed by atoms with E-state index in [4.69, 9.17) is 17.6 Å². The molecule has 0 saturated carbocycles. The molecule has 0 atom stereocenters. The quantitative estimate of drug-likeness (QED) is 0.107. The van der Waals surface area contributed by atoms with Gasteiger partial charge in [-0.15, -0.1) is 53.6 Å². The molecule has 0 spiro atoms. The van der Waals surface area contributed by atoms with E-state index in [1.807, 2.05) is 153 Å².